The van der Waals surface area contributed by atoms with Crippen LogP contribution in [0.3, 0.4) is 0 Å². The Bertz CT molecular complexity index is 574. The van der Waals surface area contributed by atoms with Gasteiger partial charge in [-0.15, -0.1) is 0 Å². The highest BCUT2D eigenvalue weighted by molar-refractivity contribution is 5.40. The zero-order chi connectivity index (χ0) is 15.4. The van der Waals surface area contributed by atoms with E-state index in [1.807, 2.05) is 37.0 Å². The first-order valence-corrected chi connectivity index (χ1v) is 7.99. The summed E-state index contributed by atoms with van der Waals surface area (Å²) in [5, 5.41) is 7.87. The Morgan fingerprint density at radius 2 is 2.23 bits per heavy atom. The van der Waals surface area contributed by atoms with Crippen LogP contribution in [0.15, 0.2) is 24.5 Å². The summed E-state index contributed by atoms with van der Waals surface area (Å²) in [5.41, 5.74) is 1.04. The third-order valence-corrected chi connectivity index (χ3v) is 4.03. The maximum absolute atomic E-state index is 4.59. The smallest absolute Gasteiger partial charge is 0.132 e. The number of aromatic nitrogens is 4. The van der Waals surface area contributed by atoms with E-state index < -0.39 is 0 Å². The van der Waals surface area contributed by atoms with Gasteiger partial charge in [-0.1, -0.05) is 0 Å². The van der Waals surface area contributed by atoms with Gasteiger partial charge in [0.25, 0.3) is 0 Å². The van der Waals surface area contributed by atoms with Gasteiger partial charge in [0.2, 0.25) is 0 Å². The second kappa shape index (κ2) is 6.87. The van der Waals surface area contributed by atoms with Gasteiger partial charge in [0, 0.05) is 49.8 Å². The number of nitrogens with one attached hydrogen (secondary N) is 1. The maximum atomic E-state index is 4.59. The molecule has 3 heterocycles. The third kappa shape index (κ3) is 3.82. The molecule has 1 aliphatic rings. The minimum absolute atomic E-state index is 0.514. The first kappa shape index (κ1) is 15.0. The van der Waals surface area contributed by atoms with Crippen molar-refractivity contribution in [3.8, 4) is 0 Å². The standard InChI is InChI=1S/C16H24N6/c1-13-11-16(20-14(2)19-13)21-8-3-5-15(12-21)17-7-10-22-9-4-6-18-22/h4,6,9,11,15,17H,3,5,7-8,10,12H2,1-2H3. The van der Waals surface area contributed by atoms with Crippen molar-refractivity contribution >= 4 is 5.82 Å². The third-order valence-electron chi connectivity index (χ3n) is 4.03. The van der Waals surface area contributed by atoms with Gasteiger partial charge in [-0.2, -0.15) is 5.10 Å². The van der Waals surface area contributed by atoms with Crippen LogP contribution in [0.4, 0.5) is 5.82 Å². The fourth-order valence-electron chi connectivity index (χ4n) is 3.03. The van der Waals surface area contributed by atoms with Crippen molar-refractivity contribution in [2.75, 3.05) is 24.5 Å². The van der Waals surface area contributed by atoms with Gasteiger partial charge >= 0.3 is 0 Å². The van der Waals surface area contributed by atoms with Crippen LogP contribution in [0, 0.1) is 13.8 Å². The summed E-state index contributed by atoms with van der Waals surface area (Å²) in [7, 11) is 0. The summed E-state index contributed by atoms with van der Waals surface area (Å²) in [6.45, 7) is 7.93. The molecule has 0 bridgehead atoms. The van der Waals surface area contributed by atoms with Crippen LogP contribution in [-0.4, -0.2) is 45.4 Å². The molecular weight excluding hydrogens is 276 g/mol. The Balaban J connectivity index is 1.54. The van der Waals surface area contributed by atoms with Crippen LogP contribution in [0.2, 0.25) is 0 Å². The average Bonchev–Trinajstić information content (AvgIpc) is 3.00. The zero-order valence-electron chi connectivity index (χ0n) is 13.4. The molecule has 1 saturated heterocycles. The lowest BCUT2D eigenvalue weighted by Crippen LogP contribution is -2.46. The molecule has 0 aliphatic carbocycles. The molecule has 3 rings (SSSR count). The quantitative estimate of drug-likeness (QED) is 0.908. The number of piperidine rings is 1. The zero-order valence-corrected chi connectivity index (χ0v) is 13.4. The number of nitrogens with zero attached hydrogens (tertiary/aromatic N) is 5. The van der Waals surface area contributed by atoms with Gasteiger partial charge in [0.1, 0.15) is 11.6 Å². The van der Waals surface area contributed by atoms with Gasteiger partial charge in [0.05, 0.1) is 6.54 Å². The van der Waals surface area contributed by atoms with Crippen LogP contribution in [0.1, 0.15) is 24.4 Å². The van der Waals surface area contributed by atoms with Crippen molar-refractivity contribution in [1.82, 2.24) is 25.1 Å². The SMILES string of the molecule is Cc1cc(N2CCCC(NCCn3cccn3)C2)nc(C)n1. The van der Waals surface area contributed by atoms with Crippen molar-refractivity contribution in [3.63, 3.8) is 0 Å². The molecule has 2 aromatic rings. The monoisotopic (exact) mass is 300 g/mol. The van der Waals surface area contributed by atoms with Crippen LogP contribution in [0.5, 0.6) is 0 Å². The topological polar surface area (TPSA) is 58.9 Å². The minimum atomic E-state index is 0.514. The molecule has 1 aliphatic heterocycles. The molecule has 2 aromatic heterocycles. The summed E-state index contributed by atoms with van der Waals surface area (Å²) in [6.07, 6.45) is 6.24. The Hall–Kier alpha value is -1.95. The van der Waals surface area contributed by atoms with Crippen molar-refractivity contribution < 1.29 is 0 Å². The molecule has 1 N–H and O–H groups in total. The van der Waals surface area contributed by atoms with Crippen LogP contribution < -0.4 is 10.2 Å². The molecule has 6 nitrogen and oxygen atoms in total. The van der Waals surface area contributed by atoms with E-state index in [1.165, 1.54) is 12.8 Å². The summed E-state index contributed by atoms with van der Waals surface area (Å²) in [6, 6.07) is 4.56. The van der Waals surface area contributed by atoms with Crippen molar-refractivity contribution in [3.05, 3.63) is 36.0 Å². The number of hydrogen-bond acceptors (Lipinski definition) is 5. The minimum Gasteiger partial charge on any atom is -0.355 e. The van der Waals surface area contributed by atoms with Crippen molar-refractivity contribution in [2.24, 2.45) is 0 Å². The van der Waals surface area contributed by atoms with E-state index in [4.69, 9.17) is 0 Å². The fraction of sp³-hybridized carbons (Fsp3) is 0.562. The van der Waals surface area contributed by atoms with Crippen LogP contribution in [0.25, 0.3) is 0 Å². The van der Waals surface area contributed by atoms with Crippen molar-refractivity contribution in [2.45, 2.75) is 39.3 Å². The van der Waals surface area contributed by atoms with Gasteiger partial charge in [0.15, 0.2) is 0 Å². The normalized spacial score (nSPS) is 18.6. The van der Waals surface area contributed by atoms with Gasteiger partial charge in [-0.25, -0.2) is 9.97 Å². The van der Waals surface area contributed by atoms with Crippen LogP contribution in [-0.2, 0) is 6.54 Å². The van der Waals surface area contributed by atoms with Gasteiger partial charge in [-0.3, -0.25) is 4.68 Å². The highest BCUT2D eigenvalue weighted by Gasteiger charge is 2.20. The summed E-state index contributed by atoms with van der Waals surface area (Å²) in [5.74, 6) is 1.91. The Labute approximate surface area is 131 Å². The first-order valence-electron chi connectivity index (χ1n) is 7.99. The van der Waals surface area contributed by atoms with E-state index in [9.17, 15) is 0 Å². The predicted octanol–water partition coefficient (Wildman–Crippen LogP) is 1.55. The molecule has 1 atom stereocenters. The van der Waals surface area contributed by atoms with Crippen molar-refractivity contribution in [1.29, 1.82) is 0 Å². The molecule has 118 valence electrons. The largest absolute Gasteiger partial charge is 0.355 e. The summed E-state index contributed by atoms with van der Waals surface area (Å²) < 4.78 is 1.96. The predicted molar refractivity (Wildman–Crippen MR) is 87.0 cm³/mol. The van der Waals surface area contributed by atoms with E-state index in [1.54, 1.807) is 0 Å². The summed E-state index contributed by atoms with van der Waals surface area (Å²) in [4.78, 5) is 11.3. The molecule has 0 spiro atoms. The molecule has 0 radical (unpaired) electrons. The second-order valence-electron chi connectivity index (χ2n) is 5.92. The molecule has 0 aromatic carbocycles. The van der Waals surface area contributed by atoms with Gasteiger partial charge < -0.3 is 10.2 Å². The number of anilines is 1. The van der Waals surface area contributed by atoms with Crippen LogP contribution >= 0.6 is 0 Å². The van der Waals surface area contributed by atoms with E-state index in [2.05, 4.69) is 31.3 Å². The second-order valence-corrected chi connectivity index (χ2v) is 5.92. The van der Waals surface area contributed by atoms with E-state index in [0.717, 1.165) is 43.5 Å². The Kier molecular flexibility index (Phi) is 4.68. The lowest BCUT2D eigenvalue weighted by molar-refractivity contribution is 0.406. The molecule has 0 saturated carbocycles. The van der Waals surface area contributed by atoms with E-state index in [0.29, 0.717) is 6.04 Å². The Morgan fingerprint density at radius 1 is 1.32 bits per heavy atom. The number of aryl methyl sites for hydroxylation is 2. The molecule has 0 amide bonds. The van der Waals surface area contributed by atoms with Gasteiger partial charge in [-0.05, 0) is 32.8 Å². The lowest BCUT2D eigenvalue weighted by Gasteiger charge is -2.34. The lowest BCUT2D eigenvalue weighted by atomic mass is 10.1. The highest BCUT2D eigenvalue weighted by atomic mass is 15.3. The maximum Gasteiger partial charge on any atom is 0.132 e. The highest BCUT2D eigenvalue weighted by Crippen LogP contribution is 2.18. The fourth-order valence-corrected chi connectivity index (χ4v) is 3.03. The van der Waals surface area contributed by atoms with E-state index in [-0.39, 0.29) is 0 Å². The first-order chi connectivity index (χ1) is 10.7. The molecule has 22 heavy (non-hydrogen) atoms. The molecule has 6 heteroatoms. The number of rotatable bonds is 5. The average molecular weight is 300 g/mol. The molecule has 1 unspecified atom stereocenters. The summed E-state index contributed by atoms with van der Waals surface area (Å²) >= 11 is 0. The molecular formula is C16H24N6. The Morgan fingerprint density at radius 3 is 3.00 bits per heavy atom. The number of hydrogen-bond donors (Lipinski definition) is 1. The van der Waals surface area contributed by atoms with E-state index >= 15 is 0 Å². The molecule has 1 fully saturated rings.